The molecule has 0 aromatic rings. The van der Waals surface area contributed by atoms with Crippen molar-refractivity contribution in [2.75, 3.05) is 0 Å². The Hall–Kier alpha value is -0.140. The molecule has 0 aromatic carbocycles. The fourth-order valence-corrected chi connectivity index (χ4v) is 3.13. The largest absolute Gasteiger partial charge is 0.465 e. The number of hydrogen-bond acceptors (Lipinski definition) is 4. The normalized spacial score (nSPS) is 12.5. The summed E-state index contributed by atoms with van der Waals surface area (Å²) in [7, 11) is 3.11. The minimum atomic E-state index is -1.17. The summed E-state index contributed by atoms with van der Waals surface area (Å²) in [6, 6.07) is -0.647. The van der Waals surface area contributed by atoms with Crippen LogP contribution in [0, 0.1) is 5.92 Å². The highest BCUT2D eigenvalue weighted by Crippen LogP contribution is 2.30. The molecule has 2 N–H and O–H groups in total. The van der Waals surface area contributed by atoms with Crippen molar-refractivity contribution in [3.63, 3.8) is 0 Å². The molecule has 0 aliphatic carbocycles. The number of carbonyl (C=O) groups is 2. The first-order valence-corrected chi connectivity index (χ1v) is 7.65. The van der Waals surface area contributed by atoms with Crippen molar-refractivity contribution >= 4 is 48.1 Å². The quantitative estimate of drug-likeness (QED) is 0.398. The number of rotatable bonds is 5. The molecule has 0 aliphatic rings. The van der Waals surface area contributed by atoms with Gasteiger partial charge in [-0.3, -0.25) is 4.79 Å². The first-order chi connectivity index (χ1) is 6.49. The second-order valence-electron chi connectivity index (χ2n) is 2.78. The van der Waals surface area contributed by atoms with E-state index < -0.39 is 12.1 Å². The fraction of sp³-hybridized carbons (Fsp3) is 0.571. The van der Waals surface area contributed by atoms with Crippen LogP contribution >= 0.6 is 31.0 Å². The van der Waals surface area contributed by atoms with Gasteiger partial charge in [0.05, 0.1) is 0 Å². The lowest BCUT2D eigenvalue weighted by molar-refractivity contribution is -0.113. The van der Waals surface area contributed by atoms with E-state index in [4.69, 9.17) is 5.11 Å². The molecule has 14 heavy (non-hydrogen) atoms. The van der Waals surface area contributed by atoms with E-state index in [0.29, 0.717) is 0 Å². The van der Waals surface area contributed by atoms with Crippen molar-refractivity contribution in [2.24, 2.45) is 5.92 Å². The number of nitrogens with one attached hydrogen (secondary N) is 1. The molecule has 0 bridgehead atoms. The molecule has 0 heterocycles. The molecule has 1 unspecified atom stereocenters. The van der Waals surface area contributed by atoms with Crippen molar-refractivity contribution in [2.45, 2.75) is 19.9 Å². The van der Waals surface area contributed by atoms with Gasteiger partial charge in [0.25, 0.3) is 0 Å². The topological polar surface area (TPSA) is 66.4 Å². The molecule has 0 radical (unpaired) electrons. The number of carbonyl (C=O) groups excluding carboxylic acids is 1. The van der Waals surface area contributed by atoms with E-state index in [-0.39, 0.29) is 11.0 Å². The second kappa shape index (κ2) is 7.19. The Balaban J connectivity index is 4.25. The van der Waals surface area contributed by atoms with Gasteiger partial charge in [0.15, 0.2) is 0 Å². The Morgan fingerprint density at radius 1 is 1.50 bits per heavy atom. The van der Waals surface area contributed by atoms with Crippen LogP contribution < -0.4 is 5.32 Å². The Morgan fingerprint density at radius 3 is 2.43 bits per heavy atom. The maximum Gasteiger partial charge on any atom is 0.405 e. The van der Waals surface area contributed by atoms with Crippen molar-refractivity contribution in [1.29, 1.82) is 0 Å². The average molecular weight is 255 g/mol. The van der Waals surface area contributed by atoms with Gasteiger partial charge >= 0.3 is 6.09 Å². The molecule has 0 aliphatic heterocycles. The van der Waals surface area contributed by atoms with Crippen LogP contribution in [0.25, 0.3) is 0 Å². The van der Waals surface area contributed by atoms with E-state index in [9.17, 15) is 9.59 Å². The van der Waals surface area contributed by atoms with Crippen LogP contribution in [-0.2, 0) is 4.79 Å². The van der Waals surface area contributed by atoms with E-state index in [1.165, 1.54) is 9.83 Å². The molecule has 1 atom stereocenters. The summed E-state index contributed by atoms with van der Waals surface area (Å²) in [5, 5.41) is 10.5. The zero-order valence-electron chi connectivity index (χ0n) is 7.89. The maximum atomic E-state index is 11.5. The van der Waals surface area contributed by atoms with Gasteiger partial charge in [-0.2, -0.15) is 0 Å². The van der Waals surface area contributed by atoms with Gasteiger partial charge in [-0.15, -0.1) is 10.4 Å². The van der Waals surface area contributed by atoms with Crippen molar-refractivity contribution in [3.05, 3.63) is 0 Å². The molecule has 0 aromatic heterocycles. The van der Waals surface area contributed by atoms with Crippen LogP contribution in [0.5, 0.6) is 0 Å². The number of thiol groups is 1. The number of hydrogen-bond donors (Lipinski definition) is 3. The molecule has 0 spiro atoms. The smallest absolute Gasteiger partial charge is 0.405 e. The van der Waals surface area contributed by atoms with Gasteiger partial charge in [0.2, 0.25) is 5.12 Å². The predicted molar refractivity (Wildman–Crippen MR) is 66.1 cm³/mol. The number of carboxylic acid groups (broad SMARTS) is 1. The van der Waals surface area contributed by atoms with Crippen molar-refractivity contribution < 1.29 is 14.7 Å². The molecular weight excluding hydrogens is 242 g/mol. The zero-order valence-corrected chi connectivity index (χ0v) is 10.4. The molecule has 82 valence electrons. The van der Waals surface area contributed by atoms with E-state index in [0.717, 1.165) is 21.2 Å². The molecule has 4 nitrogen and oxygen atoms in total. The summed E-state index contributed by atoms with van der Waals surface area (Å²) >= 11 is 0. The van der Waals surface area contributed by atoms with Crippen LogP contribution in [0.1, 0.15) is 13.8 Å². The van der Waals surface area contributed by atoms with Crippen LogP contribution in [0.3, 0.4) is 0 Å². The van der Waals surface area contributed by atoms with E-state index in [1.807, 2.05) is 0 Å². The summed E-state index contributed by atoms with van der Waals surface area (Å²) in [5.74, 6) is 3.50. The minimum absolute atomic E-state index is 0.0480. The molecule has 7 heteroatoms. The summed E-state index contributed by atoms with van der Waals surface area (Å²) < 4.78 is 0. The van der Waals surface area contributed by atoms with Crippen LogP contribution in [0.2, 0.25) is 0 Å². The van der Waals surface area contributed by atoms with E-state index in [2.05, 4.69) is 11.2 Å². The summed E-state index contributed by atoms with van der Waals surface area (Å²) in [5.41, 5.74) is 0. The molecule has 0 fully saturated rings. The van der Waals surface area contributed by atoms with Crippen LogP contribution in [0.15, 0.2) is 0 Å². The molecule has 0 saturated carbocycles. The van der Waals surface area contributed by atoms with E-state index >= 15 is 0 Å². The summed E-state index contributed by atoms with van der Waals surface area (Å²) in [6.45, 7) is 3.59. The van der Waals surface area contributed by atoms with Crippen molar-refractivity contribution in [1.82, 2.24) is 5.32 Å². The molecular formula is C7H13NO3S3. The molecule has 0 saturated heterocycles. The van der Waals surface area contributed by atoms with Crippen molar-refractivity contribution in [3.8, 4) is 0 Å². The summed E-state index contributed by atoms with van der Waals surface area (Å²) in [6.07, 6.45) is -1.17. The zero-order chi connectivity index (χ0) is 11.1. The van der Waals surface area contributed by atoms with Crippen LogP contribution in [0.4, 0.5) is 4.79 Å². The lowest BCUT2D eigenvalue weighted by Gasteiger charge is -2.17. The highest BCUT2D eigenvalue weighted by atomic mass is 33.5. The fourth-order valence-electron chi connectivity index (χ4n) is 0.746. The first-order valence-electron chi connectivity index (χ1n) is 3.82. The maximum absolute atomic E-state index is 11.5. The third-order valence-corrected chi connectivity index (χ3v) is 4.62. The lowest BCUT2D eigenvalue weighted by atomic mass is 10.1. The van der Waals surface area contributed by atoms with Gasteiger partial charge in [-0.25, -0.2) is 4.79 Å². The Bertz CT molecular complexity index is 232. The van der Waals surface area contributed by atoms with Gasteiger partial charge in [-0.05, 0) is 26.5 Å². The Morgan fingerprint density at radius 2 is 2.07 bits per heavy atom. The Kier molecular flexibility index (Phi) is 7.12. The Labute approximate surface area is 94.0 Å². The third-order valence-electron chi connectivity index (χ3n) is 1.37. The van der Waals surface area contributed by atoms with Crippen LogP contribution in [-0.4, -0.2) is 28.2 Å². The predicted octanol–water partition coefficient (Wildman–Crippen LogP) is 2.00. The van der Waals surface area contributed by atoms with E-state index in [1.54, 1.807) is 13.8 Å². The highest BCUT2D eigenvalue weighted by Gasteiger charge is 2.24. The molecule has 1 amide bonds. The third kappa shape index (κ3) is 5.56. The minimum Gasteiger partial charge on any atom is -0.465 e. The standard InChI is InChI=1S/C7H13NO3S3/c1-4(2)5(8-7(10)11)6(9)13-14-12-3/h4-5,8,12H,3H2,1-2H3,(H,10,11). The molecule has 0 rings (SSSR count). The van der Waals surface area contributed by atoms with Gasteiger partial charge in [-0.1, -0.05) is 19.7 Å². The highest BCUT2D eigenvalue weighted by molar-refractivity contribution is 9.11. The van der Waals surface area contributed by atoms with Gasteiger partial charge in [0, 0.05) is 0 Å². The lowest BCUT2D eigenvalue weighted by Crippen LogP contribution is -2.42. The summed E-state index contributed by atoms with van der Waals surface area (Å²) in [4.78, 5) is 21.9. The second-order valence-corrected chi connectivity index (χ2v) is 6.82. The van der Waals surface area contributed by atoms with Gasteiger partial charge in [0.1, 0.15) is 6.04 Å². The first kappa shape index (κ1) is 13.9. The van der Waals surface area contributed by atoms with Gasteiger partial charge < -0.3 is 10.4 Å². The number of amides is 1. The average Bonchev–Trinajstić information content (AvgIpc) is 2.09. The SMILES string of the molecule is C=[SH]SSC(=O)C(NC(=O)O)C(C)C. The monoisotopic (exact) mass is 255 g/mol.